The highest BCUT2D eigenvalue weighted by Gasteiger charge is 2.15. The zero-order chi connectivity index (χ0) is 18.1. The third-order valence-corrected chi connectivity index (χ3v) is 3.98. The maximum Gasteiger partial charge on any atom is 0.303 e. The van der Waals surface area contributed by atoms with Crippen LogP contribution in [0, 0.1) is 0 Å². The molecule has 0 spiro atoms. The third-order valence-electron chi connectivity index (χ3n) is 3.98. The van der Waals surface area contributed by atoms with E-state index in [1.807, 2.05) is 54.6 Å². The van der Waals surface area contributed by atoms with E-state index in [4.69, 9.17) is 9.84 Å². The lowest BCUT2D eigenvalue weighted by atomic mass is 10.0. The van der Waals surface area contributed by atoms with Gasteiger partial charge in [-0.3, -0.25) is 9.59 Å². The van der Waals surface area contributed by atoms with Crippen LogP contribution < -0.4 is 10.1 Å². The number of carboxylic acid groups (broad SMARTS) is 1. The largest absolute Gasteiger partial charge is 0.497 e. The number of aliphatic carboxylic acids is 1. The highest BCUT2D eigenvalue weighted by molar-refractivity contribution is 5.77. The number of hydrogen-bond acceptors (Lipinski definition) is 3. The van der Waals surface area contributed by atoms with Gasteiger partial charge < -0.3 is 15.2 Å². The van der Waals surface area contributed by atoms with E-state index in [1.165, 1.54) is 0 Å². The molecule has 2 aromatic carbocycles. The van der Waals surface area contributed by atoms with Gasteiger partial charge in [0.2, 0.25) is 5.91 Å². The van der Waals surface area contributed by atoms with Gasteiger partial charge in [0, 0.05) is 12.8 Å². The van der Waals surface area contributed by atoms with Crippen molar-refractivity contribution in [2.75, 3.05) is 7.11 Å². The van der Waals surface area contributed by atoms with E-state index in [0.29, 0.717) is 19.3 Å². The van der Waals surface area contributed by atoms with E-state index >= 15 is 0 Å². The lowest BCUT2D eigenvalue weighted by Gasteiger charge is -2.18. The first kappa shape index (κ1) is 18.5. The first-order valence-corrected chi connectivity index (χ1v) is 8.27. The first-order chi connectivity index (χ1) is 12.1. The molecule has 0 saturated carbocycles. The van der Waals surface area contributed by atoms with Gasteiger partial charge in [0.15, 0.2) is 0 Å². The molecular weight excluding hydrogens is 318 g/mol. The Labute approximate surface area is 147 Å². The van der Waals surface area contributed by atoms with Crippen LogP contribution in [0.2, 0.25) is 0 Å². The van der Waals surface area contributed by atoms with Gasteiger partial charge in [-0.2, -0.15) is 0 Å². The molecule has 0 saturated heterocycles. The second-order valence-electron chi connectivity index (χ2n) is 5.81. The van der Waals surface area contributed by atoms with Crippen molar-refractivity contribution >= 4 is 11.9 Å². The van der Waals surface area contributed by atoms with Crippen LogP contribution in [0.15, 0.2) is 54.6 Å². The Hall–Kier alpha value is -2.82. The summed E-state index contributed by atoms with van der Waals surface area (Å²) in [6.07, 6.45) is 1.35. The number of amides is 1. The molecule has 1 amide bonds. The maximum absolute atomic E-state index is 12.3. The van der Waals surface area contributed by atoms with Crippen LogP contribution in [0.5, 0.6) is 5.75 Å². The molecule has 132 valence electrons. The van der Waals surface area contributed by atoms with E-state index in [1.54, 1.807) is 7.11 Å². The normalized spacial score (nSPS) is 11.6. The summed E-state index contributed by atoms with van der Waals surface area (Å²) in [4.78, 5) is 23.1. The number of benzene rings is 2. The van der Waals surface area contributed by atoms with E-state index in [9.17, 15) is 9.59 Å². The zero-order valence-electron chi connectivity index (χ0n) is 14.3. The average Bonchev–Trinajstić information content (AvgIpc) is 2.64. The highest BCUT2D eigenvalue weighted by atomic mass is 16.5. The first-order valence-electron chi connectivity index (χ1n) is 8.27. The second-order valence-corrected chi connectivity index (χ2v) is 5.81. The van der Waals surface area contributed by atoms with Crippen LogP contribution in [0.4, 0.5) is 0 Å². The zero-order valence-corrected chi connectivity index (χ0v) is 14.3. The summed E-state index contributed by atoms with van der Waals surface area (Å²) in [6, 6.07) is 16.8. The molecule has 0 aliphatic carbocycles. The number of carbonyl (C=O) groups is 2. The van der Waals surface area contributed by atoms with Crippen molar-refractivity contribution in [1.82, 2.24) is 5.32 Å². The van der Waals surface area contributed by atoms with Crippen molar-refractivity contribution in [3.63, 3.8) is 0 Å². The maximum atomic E-state index is 12.3. The van der Waals surface area contributed by atoms with Crippen LogP contribution in [-0.4, -0.2) is 24.1 Å². The van der Waals surface area contributed by atoms with Crippen molar-refractivity contribution in [2.45, 2.75) is 31.7 Å². The molecule has 5 heteroatoms. The Morgan fingerprint density at radius 2 is 1.72 bits per heavy atom. The summed E-state index contributed by atoms with van der Waals surface area (Å²) in [6.45, 7) is 0. The van der Waals surface area contributed by atoms with E-state index < -0.39 is 5.97 Å². The van der Waals surface area contributed by atoms with E-state index in [0.717, 1.165) is 16.9 Å². The van der Waals surface area contributed by atoms with Crippen LogP contribution in [-0.2, 0) is 16.0 Å². The second kappa shape index (κ2) is 9.47. The number of hydrogen-bond donors (Lipinski definition) is 2. The van der Waals surface area contributed by atoms with Crippen molar-refractivity contribution in [1.29, 1.82) is 0 Å². The molecule has 2 N–H and O–H groups in total. The van der Waals surface area contributed by atoms with Gasteiger partial charge in [-0.05, 0) is 36.1 Å². The predicted octanol–water partition coefficient (Wildman–Crippen LogP) is 3.35. The summed E-state index contributed by atoms with van der Waals surface area (Å²) < 4.78 is 5.12. The fourth-order valence-electron chi connectivity index (χ4n) is 2.59. The van der Waals surface area contributed by atoms with Crippen molar-refractivity contribution < 1.29 is 19.4 Å². The third kappa shape index (κ3) is 6.30. The summed E-state index contributed by atoms with van der Waals surface area (Å²) in [7, 11) is 1.61. The molecule has 5 nitrogen and oxygen atoms in total. The standard InChI is InChI=1S/C20H23NO4/c1-25-17-10-7-15(8-11-17)9-13-19(22)21-18(12-14-20(23)24)16-5-3-2-4-6-16/h2-8,10-11,18H,9,12-14H2,1H3,(H,21,22)(H,23,24). The monoisotopic (exact) mass is 341 g/mol. The molecule has 1 atom stereocenters. The van der Waals surface area contributed by atoms with E-state index in [2.05, 4.69) is 5.32 Å². The minimum Gasteiger partial charge on any atom is -0.497 e. The predicted molar refractivity (Wildman–Crippen MR) is 95.5 cm³/mol. The van der Waals surface area contributed by atoms with Gasteiger partial charge in [-0.1, -0.05) is 42.5 Å². The Balaban J connectivity index is 1.92. The van der Waals surface area contributed by atoms with Crippen LogP contribution in [0.3, 0.4) is 0 Å². The fraction of sp³-hybridized carbons (Fsp3) is 0.300. The van der Waals surface area contributed by atoms with Gasteiger partial charge in [-0.25, -0.2) is 0 Å². The van der Waals surface area contributed by atoms with Gasteiger partial charge in [0.25, 0.3) is 0 Å². The lowest BCUT2D eigenvalue weighted by Crippen LogP contribution is -2.29. The van der Waals surface area contributed by atoms with E-state index in [-0.39, 0.29) is 18.4 Å². The molecule has 1 unspecified atom stereocenters. The van der Waals surface area contributed by atoms with Gasteiger partial charge in [0.05, 0.1) is 13.2 Å². The summed E-state index contributed by atoms with van der Waals surface area (Å²) in [5.41, 5.74) is 1.97. The molecule has 2 rings (SSSR count). The number of carbonyl (C=O) groups excluding carboxylic acids is 1. The minimum absolute atomic E-state index is 0.0122. The molecule has 0 bridgehead atoms. The molecule has 0 aliphatic rings. The molecule has 0 radical (unpaired) electrons. The smallest absolute Gasteiger partial charge is 0.303 e. The molecule has 0 heterocycles. The Morgan fingerprint density at radius 1 is 1.04 bits per heavy atom. The number of nitrogens with one attached hydrogen (secondary N) is 1. The van der Waals surface area contributed by atoms with Gasteiger partial charge in [-0.15, -0.1) is 0 Å². The quantitative estimate of drug-likeness (QED) is 0.733. The Bertz CT molecular complexity index is 683. The van der Waals surface area contributed by atoms with Crippen LogP contribution in [0.1, 0.15) is 36.4 Å². The van der Waals surface area contributed by atoms with Crippen molar-refractivity contribution in [3.05, 3.63) is 65.7 Å². The van der Waals surface area contributed by atoms with Crippen LogP contribution >= 0.6 is 0 Å². The average molecular weight is 341 g/mol. The van der Waals surface area contributed by atoms with Crippen LogP contribution in [0.25, 0.3) is 0 Å². The minimum atomic E-state index is -0.867. The van der Waals surface area contributed by atoms with Gasteiger partial charge in [0.1, 0.15) is 5.75 Å². The molecule has 2 aromatic rings. The number of carboxylic acids is 1. The summed E-state index contributed by atoms with van der Waals surface area (Å²) >= 11 is 0. The Kier molecular flexibility index (Phi) is 7.01. The molecular formula is C20H23NO4. The number of aryl methyl sites for hydroxylation is 1. The SMILES string of the molecule is COc1ccc(CCC(=O)NC(CCC(=O)O)c2ccccc2)cc1. The molecule has 0 fully saturated rings. The number of rotatable bonds is 9. The molecule has 0 aromatic heterocycles. The van der Waals surface area contributed by atoms with Crippen molar-refractivity contribution in [2.24, 2.45) is 0 Å². The number of ether oxygens (including phenoxy) is 1. The van der Waals surface area contributed by atoms with Gasteiger partial charge >= 0.3 is 5.97 Å². The fourth-order valence-corrected chi connectivity index (χ4v) is 2.59. The molecule has 25 heavy (non-hydrogen) atoms. The highest BCUT2D eigenvalue weighted by Crippen LogP contribution is 2.19. The molecule has 0 aliphatic heterocycles. The topological polar surface area (TPSA) is 75.6 Å². The number of methoxy groups -OCH3 is 1. The summed E-state index contributed by atoms with van der Waals surface area (Å²) in [5, 5.41) is 11.9. The van der Waals surface area contributed by atoms with Crippen molar-refractivity contribution in [3.8, 4) is 5.75 Å². The summed E-state index contributed by atoms with van der Waals surface area (Å²) in [5.74, 6) is -0.172. The lowest BCUT2D eigenvalue weighted by molar-refractivity contribution is -0.137. The Morgan fingerprint density at radius 3 is 2.32 bits per heavy atom.